The number of likely N-dealkylation sites (N-methyl/N-ethyl adjacent to an activating group) is 2. The van der Waals surface area contributed by atoms with Crippen LogP contribution >= 0.6 is 0 Å². The van der Waals surface area contributed by atoms with Crippen LogP contribution in [0.5, 0.6) is 0 Å². The Morgan fingerprint density at radius 3 is 2.32 bits per heavy atom. The van der Waals surface area contributed by atoms with Crippen molar-refractivity contribution in [1.29, 1.82) is 0 Å². The molecule has 1 aliphatic carbocycles. The Bertz CT molecular complexity index is 314. The van der Waals surface area contributed by atoms with Crippen LogP contribution in [0.3, 0.4) is 0 Å². The first-order valence-electron chi connectivity index (χ1n) is 7.08. The maximum atomic E-state index is 12.1. The number of amides is 1. The predicted octanol–water partition coefficient (Wildman–Crippen LogP) is 1.43. The van der Waals surface area contributed by atoms with Gasteiger partial charge in [0.15, 0.2) is 0 Å². The highest BCUT2D eigenvalue weighted by Crippen LogP contribution is 2.21. The Balaban J connectivity index is 2.38. The summed E-state index contributed by atoms with van der Waals surface area (Å²) in [6.07, 6.45) is 5.87. The maximum Gasteiger partial charge on any atom is 0.307 e. The number of carboxylic acid groups (broad SMARTS) is 1. The second kappa shape index (κ2) is 7.48. The van der Waals surface area contributed by atoms with E-state index in [1.807, 2.05) is 11.9 Å². The number of hydrogen-bond donors (Lipinski definition) is 1. The smallest absolute Gasteiger partial charge is 0.307 e. The summed E-state index contributed by atoms with van der Waals surface area (Å²) in [7, 11) is 3.67. The number of nitrogens with zero attached hydrogens (tertiary/aromatic N) is 2. The molecule has 1 aliphatic rings. The molecule has 1 amide bonds. The molecule has 0 aromatic carbocycles. The van der Waals surface area contributed by atoms with Gasteiger partial charge in [0.25, 0.3) is 0 Å². The molecule has 1 unspecified atom stereocenters. The van der Waals surface area contributed by atoms with Gasteiger partial charge in [0, 0.05) is 19.6 Å². The molecule has 5 nitrogen and oxygen atoms in total. The molecule has 1 atom stereocenters. The second-order valence-electron chi connectivity index (χ2n) is 5.73. The van der Waals surface area contributed by atoms with E-state index in [-0.39, 0.29) is 5.91 Å². The van der Waals surface area contributed by atoms with E-state index in [0.29, 0.717) is 19.1 Å². The zero-order chi connectivity index (χ0) is 14.4. The minimum absolute atomic E-state index is 0.0898. The van der Waals surface area contributed by atoms with Crippen LogP contribution in [-0.4, -0.2) is 60.0 Å². The number of carbonyl (C=O) groups excluding carboxylic acids is 1. The van der Waals surface area contributed by atoms with Crippen molar-refractivity contribution < 1.29 is 14.7 Å². The first-order valence-corrected chi connectivity index (χ1v) is 7.08. The highest BCUT2D eigenvalue weighted by molar-refractivity contribution is 5.78. The highest BCUT2D eigenvalue weighted by atomic mass is 16.4. The van der Waals surface area contributed by atoms with E-state index in [9.17, 15) is 9.59 Å². The molecule has 1 N–H and O–H groups in total. The van der Waals surface area contributed by atoms with Crippen LogP contribution in [0.15, 0.2) is 0 Å². The fraction of sp³-hybridized carbons (Fsp3) is 0.857. The molecule has 0 bridgehead atoms. The minimum Gasteiger partial charge on any atom is -0.481 e. The molecule has 5 heteroatoms. The summed E-state index contributed by atoms with van der Waals surface area (Å²) in [5.74, 6) is -1.18. The topological polar surface area (TPSA) is 60.9 Å². The van der Waals surface area contributed by atoms with Crippen LogP contribution in [-0.2, 0) is 9.59 Å². The lowest BCUT2D eigenvalue weighted by Crippen LogP contribution is -2.44. The van der Waals surface area contributed by atoms with Crippen LogP contribution in [0.1, 0.15) is 39.0 Å². The van der Waals surface area contributed by atoms with Gasteiger partial charge in [-0.1, -0.05) is 26.2 Å². The molecule has 0 spiro atoms. The fourth-order valence-corrected chi connectivity index (χ4v) is 2.62. The monoisotopic (exact) mass is 270 g/mol. The van der Waals surface area contributed by atoms with Crippen molar-refractivity contribution in [1.82, 2.24) is 9.80 Å². The Kier molecular flexibility index (Phi) is 6.28. The Morgan fingerprint density at radius 2 is 1.79 bits per heavy atom. The van der Waals surface area contributed by atoms with Gasteiger partial charge in [-0.2, -0.15) is 0 Å². The Labute approximate surface area is 115 Å². The van der Waals surface area contributed by atoms with E-state index in [1.54, 1.807) is 18.9 Å². The number of carboxylic acids is 1. The summed E-state index contributed by atoms with van der Waals surface area (Å²) in [5, 5.41) is 8.86. The third kappa shape index (κ3) is 5.19. The van der Waals surface area contributed by atoms with Gasteiger partial charge >= 0.3 is 5.97 Å². The molecule has 19 heavy (non-hydrogen) atoms. The lowest BCUT2D eigenvalue weighted by molar-refractivity contribution is -0.142. The normalized spacial score (nSPS) is 18.3. The van der Waals surface area contributed by atoms with Gasteiger partial charge in [-0.15, -0.1) is 0 Å². The van der Waals surface area contributed by atoms with Crippen LogP contribution in [0.2, 0.25) is 0 Å². The Hall–Kier alpha value is -1.10. The molecule has 110 valence electrons. The van der Waals surface area contributed by atoms with Gasteiger partial charge in [-0.3, -0.25) is 14.5 Å². The zero-order valence-corrected chi connectivity index (χ0v) is 12.3. The van der Waals surface area contributed by atoms with Crippen molar-refractivity contribution >= 4 is 11.9 Å². The van der Waals surface area contributed by atoms with Crippen LogP contribution < -0.4 is 0 Å². The molecular weight excluding hydrogens is 244 g/mol. The van der Waals surface area contributed by atoms with Crippen molar-refractivity contribution in [2.45, 2.75) is 45.1 Å². The van der Waals surface area contributed by atoms with E-state index in [2.05, 4.69) is 0 Å². The molecule has 1 saturated carbocycles. The van der Waals surface area contributed by atoms with E-state index in [0.717, 1.165) is 12.8 Å². The number of carbonyl (C=O) groups is 2. The van der Waals surface area contributed by atoms with Crippen molar-refractivity contribution in [2.75, 3.05) is 27.2 Å². The number of rotatable bonds is 6. The molecule has 0 saturated heterocycles. The highest BCUT2D eigenvalue weighted by Gasteiger charge is 2.23. The predicted molar refractivity (Wildman–Crippen MR) is 73.9 cm³/mol. The lowest BCUT2D eigenvalue weighted by atomic mass is 9.94. The third-order valence-corrected chi connectivity index (χ3v) is 3.93. The van der Waals surface area contributed by atoms with Gasteiger partial charge in [-0.05, 0) is 19.9 Å². The van der Waals surface area contributed by atoms with Crippen LogP contribution in [0.4, 0.5) is 0 Å². The first kappa shape index (κ1) is 16.0. The average molecular weight is 270 g/mol. The van der Waals surface area contributed by atoms with E-state index < -0.39 is 11.9 Å². The minimum atomic E-state index is -0.820. The molecule has 0 aliphatic heterocycles. The summed E-state index contributed by atoms with van der Waals surface area (Å²) in [6, 6.07) is 0.367. The molecule has 1 fully saturated rings. The van der Waals surface area contributed by atoms with Crippen molar-refractivity contribution in [2.24, 2.45) is 5.92 Å². The SMILES string of the molecule is CC(CN(C)CC(=O)N(C)C1CCCCC1)C(=O)O. The van der Waals surface area contributed by atoms with Gasteiger partial charge in [0.2, 0.25) is 5.91 Å². The molecule has 0 heterocycles. The molecular formula is C14H26N2O3. The molecule has 0 aromatic rings. The van der Waals surface area contributed by atoms with Crippen LogP contribution in [0.25, 0.3) is 0 Å². The summed E-state index contributed by atoms with van der Waals surface area (Å²) in [6.45, 7) is 2.36. The summed E-state index contributed by atoms with van der Waals surface area (Å²) in [4.78, 5) is 26.6. The van der Waals surface area contributed by atoms with E-state index in [1.165, 1.54) is 19.3 Å². The third-order valence-electron chi connectivity index (χ3n) is 3.93. The van der Waals surface area contributed by atoms with Gasteiger partial charge in [0.05, 0.1) is 12.5 Å². The first-order chi connectivity index (χ1) is 8.91. The van der Waals surface area contributed by atoms with Crippen molar-refractivity contribution in [3.05, 3.63) is 0 Å². The van der Waals surface area contributed by atoms with Crippen molar-refractivity contribution in [3.63, 3.8) is 0 Å². The van der Waals surface area contributed by atoms with Gasteiger partial charge in [-0.25, -0.2) is 0 Å². The zero-order valence-electron chi connectivity index (χ0n) is 12.3. The molecule has 0 radical (unpaired) electrons. The second-order valence-corrected chi connectivity index (χ2v) is 5.73. The van der Waals surface area contributed by atoms with Crippen molar-refractivity contribution in [3.8, 4) is 0 Å². The van der Waals surface area contributed by atoms with Gasteiger partial charge < -0.3 is 10.0 Å². The molecule has 0 aromatic heterocycles. The maximum absolute atomic E-state index is 12.1. The van der Waals surface area contributed by atoms with Crippen LogP contribution in [0, 0.1) is 5.92 Å². The standard InChI is InChI=1S/C14H26N2O3/c1-11(14(18)19)9-15(2)10-13(17)16(3)12-7-5-4-6-8-12/h11-12H,4-10H2,1-3H3,(H,18,19). The summed E-state index contributed by atoms with van der Waals surface area (Å²) < 4.78 is 0. The molecule has 1 rings (SSSR count). The van der Waals surface area contributed by atoms with E-state index in [4.69, 9.17) is 5.11 Å². The fourth-order valence-electron chi connectivity index (χ4n) is 2.62. The summed E-state index contributed by atoms with van der Waals surface area (Å²) >= 11 is 0. The Morgan fingerprint density at radius 1 is 1.21 bits per heavy atom. The number of aliphatic carboxylic acids is 1. The lowest BCUT2D eigenvalue weighted by Gasteiger charge is -2.32. The quantitative estimate of drug-likeness (QED) is 0.793. The van der Waals surface area contributed by atoms with Gasteiger partial charge in [0.1, 0.15) is 0 Å². The number of hydrogen-bond acceptors (Lipinski definition) is 3. The summed E-state index contributed by atoms with van der Waals surface area (Å²) in [5.41, 5.74) is 0. The largest absolute Gasteiger partial charge is 0.481 e. The van der Waals surface area contributed by atoms with E-state index >= 15 is 0 Å². The average Bonchev–Trinajstić information content (AvgIpc) is 2.38.